The first-order valence-electron chi connectivity index (χ1n) is 12.3. The number of carbonyl (C=O) groups is 1. The molecule has 0 atom stereocenters. The summed E-state index contributed by atoms with van der Waals surface area (Å²) >= 11 is 3.51. The number of benzene rings is 2. The topological polar surface area (TPSA) is 78.6 Å². The maximum absolute atomic E-state index is 13.7. The van der Waals surface area contributed by atoms with E-state index in [-0.39, 0.29) is 5.91 Å². The lowest BCUT2D eigenvalue weighted by molar-refractivity contribution is 0.0982. The van der Waals surface area contributed by atoms with Gasteiger partial charge in [-0.15, -0.1) is 0 Å². The monoisotopic (exact) mass is 534 g/mol. The SMILES string of the molecule is Nc1ccc(C(=O)N(CCN2CCN(c3ccc(Br)cc3)CC2)c2ncnc3c2CCCC3)cc1. The molecule has 2 aromatic carbocycles. The second-order valence-corrected chi connectivity index (χ2v) is 10.1. The van der Waals surface area contributed by atoms with Crippen LogP contribution >= 0.6 is 15.9 Å². The van der Waals surface area contributed by atoms with Crippen molar-refractivity contribution < 1.29 is 4.79 Å². The highest BCUT2D eigenvalue weighted by Crippen LogP contribution is 2.28. The molecule has 0 unspecified atom stereocenters. The molecule has 2 heterocycles. The number of aryl methyl sites for hydroxylation is 1. The highest BCUT2D eigenvalue weighted by molar-refractivity contribution is 9.10. The third-order valence-corrected chi connectivity index (χ3v) is 7.49. The molecule has 3 aromatic rings. The number of nitrogens with two attached hydrogens (primary N) is 1. The van der Waals surface area contributed by atoms with Crippen LogP contribution in [0.15, 0.2) is 59.3 Å². The molecular weight excluding hydrogens is 504 g/mol. The summed E-state index contributed by atoms with van der Waals surface area (Å²) in [5.41, 5.74) is 10.6. The van der Waals surface area contributed by atoms with Crippen molar-refractivity contribution >= 4 is 39.0 Å². The lowest BCUT2D eigenvalue weighted by Crippen LogP contribution is -2.49. The number of nitrogens with zero attached hydrogens (tertiary/aromatic N) is 5. The first-order valence-corrected chi connectivity index (χ1v) is 13.1. The summed E-state index contributed by atoms with van der Waals surface area (Å²) in [5, 5.41) is 0. The molecule has 35 heavy (non-hydrogen) atoms. The predicted octanol–water partition coefficient (Wildman–Crippen LogP) is 4.17. The molecule has 1 aromatic heterocycles. The Hall–Kier alpha value is -2.97. The molecule has 0 bridgehead atoms. The first-order chi connectivity index (χ1) is 17.1. The minimum absolute atomic E-state index is 0.0371. The predicted molar refractivity (Wildman–Crippen MR) is 144 cm³/mol. The minimum atomic E-state index is -0.0371. The van der Waals surface area contributed by atoms with Crippen LogP contribution in [0, 0.1) is 0 Å². The van der Waals surface area contributed by atoms with Gasteiger partial charge in [-0.05, 0) is 74.2 Å². The number of anilines is 3. The second-order valence-electron chi connectivity index (χ2n) is 9.21. The summed E-state index contributed by atoms with van der Waals surface area (Å²) in [6.07, 6.45) is 5.72. The zero-order chi connectivity index (χ0) is 24.2. The van der Waals surface area contributed by atoms with E-state index in [4.69, 9.17) is 5.73 Å². The van der Waals surface area contributed by atoms with Crippen molar-refractivity contribution in [1.82, 2.24) is 14.9 Å². The molecule has 8 heteroatoms. The molecule has 182 valence electrons. The van der Waals surface area contributed by atoms with Gasteiger partial charge in [0.15, 0.2) is 0 Å². The standard InChI is InChI=1S/C27H31BrN6O/c28-21-7-11-23(12-8-21)33-16-13-32(14-17-33)15-18-34(27(35)20-5-9-22(29)10-6-20)26-24-3-1-2-4-25(24)30-19-31-26/h5-12,19H,1-4,13-18,29H2. The van der Waals surface area contributed by atoms with E-state index in [9.17, 15) is 4.79 Å². The highest BCUT2D eigenvalue weighted by Gasteiger charge is 2.26. The third kappa shape index (κ3) is 5.49. The molecule has 0 saturated carbocycles. The van der Waals surface area contributed by atoms with Gasteiger partial charge in [0.25, 0.3) is 5.91 Å². The van der Waals surface area contributed by atoms with Crippen LogP contribution in [-0.4, -0.2) is 60.0 Å². The Bertz CT molecular complexity index is 1160. The zero-order valence-electron chi connectivity index (χ0n) is 19.9. The number of piperazine rings is 1. The molecule has 1 amide bonds. The highest BCUT2D eigenvalue weighted by atomic mass is 79.9. The Balaban J connectivity index is 1.31. The van der Waals surface area contributed by atoms with Gasteiger partial charge >= 0.3 is 0 Å². The van der Waals surface area contributed by atoms with Gasteiger partial charge < -0.3 is 10.6 Å². The molecule has 2 N–H and O–H groups in total. The fourth-order valence-electron chi connectivity index (χ4n) is 4.94. The van der Waals surface area contributed by atoms with Gasteiger partial charge in [-0.3, -0.25) is 14.6 Å². The van der Waals surface area contributed by atoms with Crippen molar-refractivity contribution in [3.05, 3.63) is 76.2 Å². The van der Waals surface area contributed by atoms with E-state index in [0.717, 1.165) is 80.0 Å². The van der Waals surface area contributed by atoms with Crippen LogP contribution in [0.2, 0.25) is 0 Å². The summed E-state index contributed by atoms with van der Waals surface area (Å²) in [6, 6.07) is 15.7. The molecule has 0 radical (unpaired) electrons. The second kappa shape index (κ2) is 10.7. The Morgan fingerprint density at radius 1 is 0.943 bits per heavy atom. The Morgan fingerprint density at radius 3 is 2.40 bits per heavy atom. The van der Waals surface area contributed by atoms with Crippen LogP contribution in [0.1, 0.15) is 34.5 Å². The fourth-order valence-corrected chi connectivity index (χ4v) is 5.21. The van der Waals surface area contributed by atoms with Gasteiger partial charge in [-0.1, -0.05) is 15.9 Å². The van der Waals surface area contributed by atoms with Crippen LogP contribution in [0.25, 0.3) is 0 Å². The van der Waals surface area contributed by atoms with Crippen molar-refractivity contribution in [2.24, 2.45) is 0 Å². The van der Waals surface area contributed by atoms with Gasteiger partial charge in [0.05, 0.1) is 0 Å². The van der Waals surface area contributed by atoms with Gasteiger partial charge in [0.1, 0.15) is 12.1 Å². The van der Waals surface area contributed by atoms with E-state index in [0.29, 0.717) is 17.8 Å². The fraction of sp³-hybridized carbons (Fsp3) is 0.370. The normalized spacial score (nSPS) is 16.1. The molecule has 1 aliphatic carbocycles. The molecule has 1 fully saturated rings. The average molecular weight is 535 g/mol. The van der Waals surface area contributed by atoms with E-state index in [2.05, 4.69) is 60.0 Å². The van der Waals surface area contributed by atoms with E-state index >= 15 is 0 Å². The molecular formula is C27H31BrN6O. The number of carbonyl (C=O) groups excluding carboxylic acids is 1. The van der Waals surface area contributed by atoms with Crippen LogP contribution in [-0.2, 0) is 12.8 Å². The van der Waals surface area contributed by atoms with E-state index in [1.165, 1.54) is 5.69 Å². The van der Waals surface area contributed by atoms with Gasteiger partial charge in [-0.25, -0.2) is 9.97 Å². The van der Waals surface area contributed by atoms with Crippen LogP contribution in [0.4, 0.5) is 17.2 Å². The first kappa shape index (κ1) is 23.8. The minimum Gasteiger partial charge on any atom is -0.399 e. The van der Waals surface area contributed by atoms with Crippen molar-refractivity contribution in [3.63, 3.8) is 0 Å². The van der Waals surface area contributed by atoms with Crippen molar-refractivity contribution in [2.45, 2.75) is 25.7 Å². The summed E-state index contributed by atoms with van der Waals surface area (Å²) < 4.78 is 1.10. The van der Waals surface area contributed by atoms with E-state index in [1.807, 2.05) is 4.90 Å². The smallest absolute Gasteiger partial charge is 0.259 e. The number of aromatic nitrogens is 2. The number of hydrogen-bond acceptors (Lipinski definition) is 6. The Labute approximate surface area is 215 Å². The van der Waals surface area contributed by atoms with Crippen molar-refractivity contribution in [1.29, 1.82) is 0 Å². The van der Waals surface area contributed by atoms with Gasteiger partial charge in [0, 0.05) is 71.9 Å². The largest absolute Gasteiger partial charge is 0.399 e. The van der Waals surface area contributed by atoms with Crippen LogP contribution < -0.4 is 15.5 Å². The average Bonchev–Trinajstić information content (AvgIpc) is 2.90. The number of halogens is 1. The summed E-state index contributed by atoms with van der Waals surface area (Å²) in [4.78, 5) is 29.5. The summed E-state index contributed by atoms with van der Waals surface area (Å²) in [6.45, 7) is 5.25. The number of amides is 1. The molecule has 1 saturated heterocycles. The van der Waals surface area contributed by atoms with Crippen LogP contribution in [0.3, 0.4) is 0 Å². The van der Waals surface area contributed by atoms with Crippen molar-refractivity contribution in [2.75, 3.05) is 54.8 Å². The van der Waals surface area contributed by atoms with Gasteiger partial charge in [0.2, 0.25) is 0 Å². The molecule has 0 spiro atoms. The molecule has 5 rings (SSSR count). The van der Waals surface area contributed by atoms with E-state index in [1.54, 1.807) is 30.6 Å². The molecule has 7 nitrogen and oxygen atoms in total. The third-order valence-electron chi connectivity index (χ3n) is 6.96. The number of hydrogen-bond donors (Lipinski definition) is 1. The molecule has 1 aliphatic heterocycles. The maximum Gasteiger partial charge on any atom is 0.259 e. The van der Waals surface area contributed by atoms with Crippen molar-refractivity contribution in [3.8, 4) is 0 Å². The quantitative estimate of drug-likeness (QED) is 0.478. The van der Waals surface area contributed by atoms with Crippen LogP contribution in [0.5, 0.6) is 0 Å². The number of fused-ring (bicyclic) bond motifs is 1. The Kier molecular flexibility index (Phi) is 7.29. The lowest BCUT2D eigenvalue weighted by Gasteiger charge is -2.37. The Morgan fingerprint density at radius 2 is 1.66 bits per heavy atom. The number of rotatable bonds is 6. The lowest BCUT2D eigenvalue weighted by atomic mass is 9.96. The zero-order valence-corrected chi connectivity index (χ0v) is 21.5. The van der Waals surface area contributed by atoms with Gasteiger partial charge in [-0.2, -0.15) is 0 Å². The van der Waals surface area contributed by atoms with E-state index < -0.39 is 0 Å². The maximum atomic E-state index is 13.7. The summed E-state index contributed by atoms with van der Waals surface area (Å²) in [7, 11) is 0. The number of nitrogen functional groups attached to an aromatic ring is 1. The molecule has 2 aliphatic rings. The summed E-state index contributed by atoms with van der Waals surface area (Å²) in [5.74, 6) is 0.731.